The van der Waals surface area contributed by atoms with Gasteiger partial charge >= 0.3 is 23.9 Å². The number of amides is 1. The molecule has 5 atom stereocenters. The Hall–Kier alpha value is -2.21. The van der Waals surface area contributed by atoms with Crippen LogP contribution in [0.15, 0.2) is 0 Å². The minimum absolute atomic E-state index is 0.278. The highest BCUT2D eigenvalue weighted by Gasteiger charge is 2.55. The van der Waals surface area contributed by atoms with Crippen molar-refractivity contribution in [2.45, 2.75) is 64.8 Å². The van der Waals surface area contributed by atoms with Crippen LogP contribution in [0.3, 0.4) is 0 Å². The summed E-state index contributed by atoms with van der Waals surface area (Å²) in [5.74, 6) is -3.87. The van der Waals surface area contributed by atoms with Gasteiger partial charge in [0.2, 0.25) is 12.4 Å². The lowest BCUT2D eigenvalue weighted by Crippen LogP contribution is -2.65. The Labute approximate surface area is 175 Å². The molecule has 1 amide bonds. The molecule has 0 bridgehead atoms. The smallest absolute Gasteiger partial charge is 0.305 e. The van der Waals surface area contributed by atoms with Crippen molar-refractivity contribution in [3.8, 4) is 0 Å². The van der Waals surface area contributed by atoms with Crippen molar-refractivity contribution < 1.29 is 47.7 Å². The highest BCUT2D eigenvalue weighted by atomic mass is 79.9. The van der Waals surface area contributed by atoms with E-state index in [0.717, 1.165) is 27.7 Å². The Balaban J connectivity index is 3.32. The monoisotopic (exact) mass is 481 g/mol. The average molecular weight is 482 g/mol. The second kappa shape index (κ2) is 11.7. The fourth-order valence-electron chi connectivity index (χ4n) is 2.62. The third-order valence-corrected chi connectivity index (χ3v) is 4.11. The number of carbonyl (C=O) groups is 5. The van der Waals surface area contributed by atoms with Crippen molar-refractivity contribution in [1.29, 1.82) is 0 Å². The van der Waals surface area contributed by atoms with Crippen molar-refractivity contribution in [3.63, 3.8) is 0 Å². The molecule has 0 aromatic heterocycles. The van der Waals surface area contributed by atoms with Crippen molar-refractivity contribution >= 4 is 45.7 Å². The maximum Gasteiger partial charge on any atom is 0.305 e. The fraction of sp³-hybridized carbons (Fsp3) is 0.706. The summed E-state index contributed by atoms with van der Waals surface area (Å²) in [6.07, 6.45) is -6.82. The van der Waals surface area contributed by atoms with Crippen LogP contribution in [0.5, 0.6) is 0 Å². The summed E-state index contributed by atoms with van der Waals surface area (Å²) in [7, 11) is 0. The Morgan fingerprint density at radius 1 is 0.793 bits per heavy atom. The number of halogens is 1. The predicted molar refractivity (Wildman–Crippen MR) is 98.5 cm³/mol. The number of carbonyl (C=O) groups excluding carboxylic acids is 5. The highest BCUT2D eigenvalue weighted by molar-refractivity contribution is 9.09. The van der Waals surface area contributed by atoms with Crippen molar-refractivity contribution in [1.82, 2.24) is 5.32 Å². The summed E-state index contributed by atoms with van der Waals surface area (Å²) in [6, 6.07) is 0. The second-order valence-corrected chi connectivity index (χ2v) is 6.88. The van der Waals surface area contributed by atoms with Gasteiger partial charge < -0.3 is 29.0 Å². The summed E-state index contributed by atoms with van der Waals surface area (Å²) < 4.78 is 26.0. The number of ether oxygens (including phenoxy) is 5. The normalized spacial score (nSPS) is 26.0. The Morgan fingerprint density at radius 3 is 1.76 bits per heavy atom. The average Bonchev–Trinajstić information content (AvgIpc) is 2.58. The number of rotatable bonds is 8. The Morgan fingerprint density at radius 2 is 1.28 bits per heavy atom. The van der Waals surface area contributed by atoms with Crippen LogP contribution in [-0.2, 0) is 47.7 Å². The Kier molecular flexibility index (Phi) is 10.0. The minimum Gasteiger partial charge on any atom is -0.455 e. The van der Waals surface area contributed by atoms with Crippen LogP contribution in [0, 0.1) is 0 Å². The van der Waals surface area contributed by atoms with E-state index in [1.54, 1.807) is 0 Å². The van der Waals surface area contributed by atoms with Gasteiger partial charge in [-0.05, 0) is 6.42 Å². The molecule has 0 radical (unpaired) electrons. The van der Waals surface area contributed by atoms with Crippen molar-refractivity contribution in [2.75, 3.05) is 11.9 Å². The van der Waals surface area contributed by atoms with E-state index in [2.05, 4.69) is 21.2 Å². The molecule has 1 saturated heterocycles. The van der Waals surface area contributed by atoms with Gasteiger partial charge in [0.15, 0.2) is 18.3 Å². The molecular weight excluding hydrogens is 458 g/mol. The molecule has 164 valence electrons. The first-order valence-electron chi connectivity index (χ1n) is 8.74. The quantitative estimate of drug-likeness (QED) is 0.217. The molecule has 1 aliphatic heterocycles. The van der Waals surface area contributed by atoms with Gasteiger partial charge in [0.25, 0.3) is 5.91 Å². The van der Waals surface area contributed by atoms with E-state index < -0.39 is 60.5 Å². The number of hydrogen-bond acceptors (Lipinski definition) is 10. The summed E-state index contributed by atoms with van der Waals surface area (Å²) in [5, 5.41) is 3.22. The maximum absolute atomic E-state index is 12.6. The number of nitrogens with one attached hydrogen (secondary N) is 1. The van der Waals surface area contributed by atoms with E-state index in [0.29, 0.717) is 11.8 Å². The molecule has 12 heteroatoms. The molecule has 0 aliphatic carbocycles. The van der Waals surface area contributed by atoms with Crippen LogP contribution in [0.2, 0.25) is 0 Å². The van der Waals surface area contributed by atoms with Gasteiger partial charge in [0.1, 0.15) is 0 Å². The molecule has 1 heterocycles. The zero-order valence-corrected chi connectivity index (χ0v) is 18.1. The van der Waals surface area contributed by atoms with E-state index in [1.807, 2.05) is 0 Å². The van der Waals surface area contributed by atoms with Gasteiger partial charge in [-0.1, -0.05) is 15.9 Å². The number of esters is 4. The van der Waals surface area contributed by atoms with Gasteiger partial charge in [0.05, 0.1) is 0 Å². The first kappa shape index (κ1) is 24.8. The van der Waals surface area contributed by atoms with Crippen LogP contribution in [0.1, 0.15) is 34.1 Å². The number of hydrogen-bond donors (Lipinski definition) is 1. The second-order valence-electron chi connectivity index (χ2n) is 6.09. The van der Waals surface area contributed by atoms with Gasteiger partial charge in [-0.3, -0.25) is 24.0 Å². The minimum atomic E-state index is -1.57. The van der Waals surface area contributed by atoms with E-state index >= 15 is 0 Å². The molecule has 0 aromatic rings. The Bertz CT molecular complexity index is 640. The van der Waals surface area contributed by atoms with Crippen LogP contribution in [-0.4, -0.2) is 72.4 Å². The lowest BCUT2D eigenvalue weighted by Gasteiger charge is -2.43. The van der Waals surface area contributed by atoms with Gasteiger partial charge in [-0.2, -0.15) is 0 Å². The summed E-state index contributed by atoms with van der Waals surface area (Å²) >= 11 is 3.23. The zero-order chi connectivity index (χ0) is 22.1. The molecule has 0 unspecified atom stereocenters. The molecule has 0 aromatic carbocycles. The van der Waals surface area contributed by atoms with Gasteiger partial charge in [-0.15, -0.1) is 0 Å². The molecule has 0 saturated carbocycles. The first-order chi connectivity index (χ1) is 13.6. The lowest BCUT2D eigenvalue weighted by atomic mass is 9.97. The van der Waals surface area contributed by atoms with Crippen LogP contribution in [0.25, 0.3) is 0 Å². The first-order valence-corrected chi connectivity index (χ1v) is 9.87. The summed E-state index contributed by atoms with van der Waals surface area (Å²) in [4.78, 5) is 58.9. The molecule has 1 N–H and O–H groups in total. The van der Waals surface area contributed by atoms with E-state index in [9.17, 15) is 24.0 Å². The van der Waals surface area contributed by atoms with E-state index in [1.165, 1.54) is 0 Å². The number of alkyl halides is 1. The van der Waals surface area contributed by atoms with Crippen molar-refractivity contribution in [2.24, 2.45) is 0 Å². The fourth-order valence-corrected chi connectivity index (χ4v) is 2.90. The van der Waals surface area contributed by atoms with Gasteiger partial charge in [0, 0.05) is 39.6 Å². The molecule has 1 rings (SSSR count). The highest BCUT2D eigenvalue weighted by Crippen LogP contribution is 2.29. The lowest BCUT2D eigenvalue weighted by molar-refractivity contribution is -0.290. The molecule has 11 nitrogen and oxygen atoms in total. The topological polar surface area (TPSA) is 144 Å². The maximum atomic E-state index is 12.6. The standard InChI is InChI=1S/C17H24BrNO10/c1-8(20)25-12-13(26-9(2)21)15(27-10(3)22)17(28-11(4)23)29-14(12)16(24)19-7-5-6-18/h12-15,17H,5-7H2,1-4H3,(H,19,24)/t12-,13-,14-,15+,17+/m0/s1. The summed E-state index contributed by atoms with van der Waals surface area (Å²) in [6.45, 7) is 4.61. The molecule has 29 heavy (non-hydrogen) atoms. The van der Waals surface area contributed by atoms with Crippen LogP contribution in [0.4, 0.5) is 0 Å². The SMILES string of the molecule is CC(=O)O[C@@H]1O[C@H](C(=O)NCCCBr)[C@@H](OC(C)=O)[C@H](OC(C)=O)[C@H]1OC(C)=O. The molecule has 1 fully saturated rings. The third kappa shape index (κ3) is 7.97. The van der Waals surface area contributed by atoms with Gasteiger partial charge in [-0.25, -0.2) is 0 Å². The van der Waals surface area contributed by atoms with Crippen LogP contribution >= 0.6 is 15.9 Å². The molecule has 0 spiro atoms. The van der Waals surface area contributed by atoms with E-state index in [4.69, 9.17) is 23.7 Å². The predicted octanol–water partition coefficient (Wildman–Crippen LogP) is -0.0293. The van der Waals surface area contributed by atoms with E-state index in [-0.39, 0.29) is 6.54 Å². The molecular formula is C17H24BrNO10. The largest absolute Gasteiger partial charge is 0.455 e. The molecule has 1 aliphatic rings. The van der Waals surface area contributed by atoms with Crippen molar-refractivity contribution in [3.05, 3.63) is 0 Å². The van der Waals surface area contributed by atoms with Crippen LogP contribution < -0.4 is 5.32 Å². The zero-order valence-electron chi connectivity index (χ0n) is 16.5. The summed E-state index contributed by atoms with van der Waals surface area (Å²) in [5.41, 5.74) is 0. The third-order valence-electron chi connectivity index (χ3n) is 3.55.